The van der Waals surface area contributed by atoms with E-state index in [2.05, 4.69) is 4.72 Å². The Morgan fingerprint density at radius 3 is 2.28 bits per heavy atom. The zero-order valence-electron chi connectivity index (χ0n) is 13.8. The number of sulfone groups is 1. The molecule has 0 saturated carbocycles. The van der Waals surface area contributed by atoms with Gasteiger partial charge in [0.25, 0.3) is 0 Å². The van der Waals surface area contributed by atoms with Gasteiger partial charge in [-0.2, -0.15) is 0 Å². The summed E-state index contributed by atoms with van der Waals surface area (Å²) in [7, 11) is -6.26. The number of benzene rings is 2. The minimum atomic E-state index is -4.01. The number of hydrogen-bond acceptors (Lipinski definition) is 6. The molecule has 0 saturated heterocycles. The van der Waals surface area contributed by atoms with Crippen molar-refractivity contribution < 1.29 is 21.6 Å². The summed E-state index contributed by atoms with van der Waals surface area (Å²) in [5.41, 5.74) is 6.78. The molecule has 136 valence electrons. The molecule has 7 nitrogen and oxygen atoms in total. The van der Waals surface area contributed by atoms with Crippen LogP contribution < -0.4 is 15.2 Å². The maximum Gasteiger partial charge on any atom is 0.244 e. The fourth-order valence-electron chi connectivity index (χ4n) is 2.19. The summed E-state index contributed by atoms with van der Waals surface area (Å²) >= 11 is 0. The van der Waals surface area contributed by atoms with Gasteiger partial charge in [0.15, 0.2) is 9.84 Å². The van der Waals surface area contributed by atoms with Crippen molar-refractivity contribution in [2.75, 3.05) is 19.9 Å². The monoisotopic (exact) mass is 384 g/mol. The molecule has 0 spiro atoms. The molecule has 0 amide bonds. The molecule has 1 atom stereocenters. The van der Waals surface area contributed by atoms with Crippen molar-refractivity contribution in [3.05, 3.63) is 54.1 Å². The highest BCUT2D eigenvalue weighted by Crippen LogP contribution is 2.27. The molecule has 2 aromatic carbocycles. The minimum absolute atomic E-state index is 0.0431. The lowest BCUT2D eigenvalue weighted by atomic mass is 10.1. The normalized spacial score (nSPS) is 13.4. The van der Waals surface area contributed by atoms with Crippen molar-refractivity contribution in [1.82, 2.24) is 4.72 Å². The van der Waals surface area contributed by atoms with Crippen LogP contribution in [0.1, 0.15) is 11.6 Å². The van der Waals surface area contributed by atoms with Crippen molar-refractivity contribution in [3.8, 4) is 5.75 Å². The minimum Gasteiger partial charge on any atom is -0.495 e. The molecule has 0 radical (unpaired) electrons. The summed E-state index contributed by atoms with van der Waals surface area (Å²) in [4.78, 5) is -0.362. The molecule has 0 heterocycles. The standard InChI is InChI=1S/C16H20N2O5S2/c1-23-15-9-8-13(24(2,19)20)10-16(15)25(21,22)18-11-14(17)12-6-4-3-5-7-12/h3-10,14,18H,11,17H2,1-2H3. The molecule has 3 N–H and O–H groups in total. The highest BCUT2D eigenvalue weighted by molar-refractivity contribution is 7.91. The van der Waals surface area contributed by atoms with Crippen LogP contribution in [0.3, 0.4) is 0 Å². The van der Waals surface area contributed by atoms with Crippen molar-refractivity contribution in [2.45, 2.75) is 15.8 Å². The second-order valence-corrected chi connectivity index (χ2v) is 9.21. The fraction of sp³-hybridized carbons (Fsp3) is 0.250. The number of nitrogens with one attached hydrogen (secondary N) is 1. The van der Waals surface area contributed by atoms with E-state index in [0.717, 1.165) is 17.9 Å². The lowest BCUT2D eigenvalue weighted by Crippen LogP contribution is -2.32. The maximum absolute atomic E-state index is 12.6. The van der Waals surface area contributed by atoms with E-state index in [1.165, 1.54) is 19.2 Å². The quantitative estimate of drug-likeness (QED) is 0.738. The number of nitrogens with two attached hydrogens (primary N) is 1. The van der Waals surface area contributed by atoms with E-state index < -0.39 is 25.9 Å². The SMILES string of the molecule is COc1ccc(S(C)(=O)=O)cc1S(=O)(=O)NCC(N)c1ccccc1. The lowest BCUT2D eigenvalue weighted by Gasteiger charge is -2.15. The van der Waals surface area contributed by atoms with Gasteiger partial charge in [0.2, 0.25) is 10.0 Å². The second kappa shape index (κ2) is 7.52. The van der Waals surface area contributed by atoms with Crippen LogP contribution in [-0.4, -0.2) is 36.7 Å². The molecular formula is C16H20N2O5S2. The Labute approximate surface area is 147 Å². The molecular weight excluding hydrogens is 364 g/mol. The molecule has 25 heavy (non-hydrogen) atoms. The number of sulfonamides is 1. The predicted octanol–water partition coefficient (Wildman–Crippen LogP) is 1.08. The van der Waals surface area contributed by atoms with Gasteiger partial charge < -0.3 is 10.5 Å². The molecule has 0 bridgehead atoms. The Morgan fingerprint density at radius 2 is 1.72 bits per heavy atom. The fourth-order valence-corrected chi connectivity index (χ4v) is 4.17. The highest BCUT2D eigenvalue weighted by atomic mass is 32.2. The Morgan fingerprint density at radius 1 is 1.08 bits per heavy atom. The first-order chi connectivity index (χ1) is 11.6. The topological polar surface area (TPSA) is 116 Å². The smallest absolute Gasteiger partial charge is 0.244 e. The largest absolute Gasteiger partial charge is 0.495 e. The molecule has 9 heteroatoms. The van der Waals surface area contributed by atoms with E-state index in [-0.39, 0.29) is 22.1 Å². The molecule has 2 aromatic rings. The maximum atomic E-state index is 12.6. The van der Waals surface area contributed by atoms with Crippen LogP contribution >= 0.6 is 0 Å². The van der Waals surface area contributed by atoms with E-state index in [1.54, 1.807) is 12.1 Å². The van der Waals surface area contributed by atoms with Gasteiger partial charge in [-0.25, -0.2) is 21.6 Å². The Balaban J connectivity index is 2.29. The summed E-state index contributed by atoms with van der Waals surface area (Å²) < 4.78 is 56.0. The third-order valence-corrected chi connectivity index (χ3v) is 6.13. The number of hydrogen-bond donors (Lipinski definition) is 2. The third-order valence-electron chi connectivity index (χ3n) is 3.57. The Bertz CT molecular complexity index is 942. The number of rotatable bonds is 7. The van der Waals surface area contributed by atoms with Gasteiger partial charge in [0.05, 0.1) is 12.0 Å². The first-order valence-corrected chi connectivity index (χ1v) is 10.7. The third kappa shape index (κ3) is 4.79. The van der Waals surface area contributed by atoms with E-state index >= 15 is 0 Å². The van der Waals surface area contributed by atoms with Crippen molar-refractivity contribution in [2.24, 2.45) is 5.73 Å². The average molecular weight is 384 g/mol. The molecule has 2 rings (SSSR count). The van der Waals surface area contributed by atoms with Gasteiger partial charge in [-0.3, -0.25) is 0 Å². The lowest BCUT2D eigenvalue weighted by molar-refractivity contribution is 0.401. The van der Waals surface area contributed by atoms with Gasteiger partial charge in [-0.05, 0) is 23.8 Å². The van der Waals surface area contributed by atoms with Crippen LogP contribution in [-0.2, 0) is 19.9 Å². The van der Waals surface area contributed by atoms with E-state index in [9.17, 15) is 16.8 Å². The zero-order valence-corrected chi connectivity index (χ0v) is 15.5. The number of ether oxygens (including phenoxy) is 1. The van der Waals surface area contributed by atoms with Gasteiger partial charge in [-0.1, -0.05) is 30.3 Å². The highest BCUT2D eigenvalue weighted by Gasteiger charge is 2.23. The molecule has 0 aliphatic rings. The van der Waals surface area contributed by atoms with Crippen LogP contribution in [0.15, 0.2) is 58.3 Å². The van der Waals surface area contributed by atoms with E-state index in [1.807, 2.05) is 18.2 Å². The van der Waals surface area contributed by atoms with Crippen LogP contribution in [0.2, 0.25) is 0 Å². The Hall–Kier alpha value is -1.94. The zero-order chi connectivity index (χ0) is 18.7. The summed E-state index contributed by atoms with van der Waals surface area (Å²) in [6.45, 7) is -0.0431. The number of methoxy groups -OCH3 is 1. The summed E-state index contributed by atoms with van der Waals surface area (Å²) in [6, 6.07) is 12.2. The average Bonchev–Trinajstić information content (AvgIpc) is 2.59. The van der Waals surface area contributed by atoms with Crippen molar-refractivity contribution >= 4 is 19.9 Å². The van der Waals surface area contributed by atoms with Gasteiger partial charge in [-0.15, -0.1) is 0 Å². The van der Waals surface area contributed by atoms with E-state index in [4.69, 9.17) is 10.5 Å². The predicted molar refractivity (Wildman–Crippen MR) is 94.7 cm³/mol. The molecule has 0 fully saturated rings. The molecule has 0 aliphatic carbocycles. The van der Waals surface area contributed by atoms with E-state index in [0.29, 0.717) is 0 Å². The van der Waals surface area contributed by atoms with Crippen molar-refractivity contribution in [1.29, 1.82) is 0 Å². The van der Waals surface area contributed by atoms with Crippen LogP contribution in [0, 0.1) is 0 Å². The summed E-state index contributed by atoms with van der Waals surface area (Å²) in [5.74, 6) is 0.0492. The molecule has 0 aliphatic heterocycles. The first kappa shape index (κ1) is 19.4. The molecule has 0 aromatic heterocycles. The molecule has 1 unspecified atom stereocenters. The van der Waals surface area contributed by atoms with Crippen LogP contribution in [0.5, 0.6) is 5.75 Å². The van der Waals surface area contributed by atoms with Gasteiger partial charge >= 0.3 is 0 Å². The van der Waals surface area contributed by atoms with Crippen LogP contribution in [0.25, 0.3) is 0 Å². The van der Waals surface area contributed by atoms with Crippen LogP contribution in [0.4, 0.5) is 0 Å². The first-order valence-electron chi connectivity index (χ1n) is 7.33. The van der Waals surface area contributed by atoms with Crippen molar-refractivity contribution in [3.63, 3.8) is 0 Å². The Kier molecular flexibility index (Phi) is 5.83. The summed E-state index contributed by atoms with van der Waals surface area (Å²) in [6.07, 6.45) is 1.00. The van der Waals surface area contributed by atoms with Gasteiger partial charge in [0.1, 0.15) is 10.6 Å². The van der Waals surface area contributed by atoms with Gasteiger partial charge in [0, 0.05) is 18.8 Å². The summed E-state index contributed by atoms with van der Waals surface area (Å²) in [5, 5.41) is 0. The second-order valence-electron chi connectivity index (χ2n) is 5.45.